The van der Waals surface area contributed by atoms with Gasteiger partial charge in [0.1, 0.15) is 0 Å². The van der Waals surface area contributed by atoms with E-state index in [0.717, 1.165) is 5.56 Å². The summed E-state index contributed by atoms with van der Waals surface area (Å²) in [5.41, 5.74) is 1.45. The van der Waals surface area contributed by atoms with Gasteiger partial charge in [0.25, 0.3) is 5.91 Å². The maximum atomic E-state index is 12.3. The molecule has 0 saturated heterocycles. The molecule has 7 heteroatoms. The van der Waals surface area contributed by atoms with Crippen LogP contribution >= 0.6 is 0 Å². The fourth-order valence-electron chi connectivity index (χ4n) is 2.38. The fraction of sp³-hybridized carbons (Fsp3) is 0.316. The van der Waals surface area contributed by atoms with Crippen molar-refractivity contribution >= 4 is 15.9 Å². The Morgan fingerprint density at radius 2 is 1.81 bits per heavy atom. The molecule has 0 atom stereocenters. The molecule has 0 aromatic heterocycles. The third-order valence-corrected chi connectivity index (χ3v) is 5.22. The highest BCUT2D eigenvalue weighted by Crippen LogP contribution is 2.11. The second kappa shape index (κ2) is 10.1. The number of benzene rings is 2. The largest absolute Gasteiger partial charge is 0.385 e. The van der Waals surface area contributed by atoms with Crippen molar-refractivity contribution in [2.45, 2.75) is 17.7 Å². The second-order valence-electron chi connectivity index (χ2n) is 5.76. The molecular weight excluding hydrogens is 352 g/mol. The van der Waals surface area contributed by atoms with Crippen molar-refractivity contribution in [1.82, 2.24) is 10.0 Å². The summed E-state index contributed by atoms with van der Waals surface area (Å²) in [5.74, 6) is -0.294. The molecule has 0 aliphatic heterocycles. The van der Waals surface area contributed by atoms with Crippen molar-refractivity contribution in [3.05, 3.63) is 65.7 Å². The van der Waals surface area contributed by atoms with Gasteiger partial charge in [-0.15, -0.1) is 0 Å². The summed E-state index contributed by atoms with van der Waals surface area (Å²) in [7, 11) is -2.08. The van der Waals surface area contributed by atoms with Crippen LogP contribution in [0.4, 0.5) is 0 Å². The molecule has 0 aliphatic carbocycles. The van der Waals surface area contributed by atoms with E-state index in [-0.39, 0.29) is 17.3 Å². The van der Waals surface area contributed by atoms with Gasteiger partial charge in [-0.2, -0.15) is 0 Å². The molecule has 6 nitrogen and oxygen atoms in total. The first-order valence-corrected chi connectivity index (χ1v) is 9.92. The van der Waals surface area contributed by atoms with Gasteiger partial charge in [0, 0.05) is 32.4 Å². The van der Waals surface area contributed by atoms with Gasteiger partial charge in [0.05, 0.1) is 4.90 Å². The highest BCUT2D eigenvalue weighted by molar-refractivity contribution is 7.89. The summed E-state index contributed by atoms with van der Waals surface area (Å²) in [6.07, 6.45) is 1.29. The molecule has 0 unspecified atom stereocenters. The molecule has 0 aliphatic rings. The average molecular weight is 376 g/mol. The number of hydrogen-bond donors (Lipinski definition) is 2. The van der Waals surface area contributed by atoms with E-state index >= 15 is 0 Å². The number of carbonyl (C=O) groups is 1. The molecule has 2 rings (SSSR count). The molecule has 140 valence electrons. The summed E-state index contributed by atoms with van der Waals surface area (Å²) < 4.78 is 32.0. The van der Waals surface area contributed by atoms with Crippen LogP contribution in [0.5, 0.6) is 0 Å². The van der Waals surface area contributed by atoms with Crippen LogP contribution in [-0.2, 0) is 21.2 Å². The van der Waals surface area contributed by atoms with Gasteiger partial charge in [0.15, 0.2) is 0 Å². The number of sulfonamides is 1. The summed E-state index contributed by atoms with van der Waals surface area (Å²) in [6.45, 7) is 1.24. The number of methoxy groups -OCH3 is 1. The predicted molar refractivity (Wildman–Crippen MR) is 101 cm³/mol. The lowest BCUT2D eigenvalue weighted by Gasteiger charge is -2.09. The van der Waals surface area contributed by atoms with E-state index in [9.17, 15) is 13.2 Å². The minimum absolute atomic E-state index is 0.0747. The van der Waals surface area contributed by atoms with Gasteiger partial charge in [-0.3, -0.25) is 4.79 Å². The Labute approximate surface area is 154 Å². The number of hydrogen-bond acceptors (Lipinski definition) is 4. The molecule has 26 heavy (non-hydrogen) atoms. The Balaban J connectivity index is 1.93. The topological polar surface area (TPSA) is 84.5 Å². The first-order chi connectivity index (χ1) is 12.5. The Kier molecular flexibility index (Phi) is 7.77. The number of ether oxygens (including phenoxy) is 1. The van der Waals surface area contributed by atoms with E-state index in [2.05, 4.69) is 10.0 Å². The first kappa shape index (κ1) is 20.1. The molecule has 0 heterocycles. The number of amides is 1. The molecule has 2 aromatic carbocycles. The van der Waals surface area contributed by atoms with Gasteiger partial charge in [-0.25, -0.2) is 13.1 Å². The molecular formula is C19H24N2O4S. The van der Waals surface area contributed by atoms with E-state index in [1.54, 1.807) is 19.2 Å². The Morgan fingerprint density at radius 1 is 1.04 bits per heavy atom. The van der Waals surface area contributed by atoms with Crippen molar-refractivity contribution in [1.29, 1.82) is 0 Å². The van der Waals surface area contributed by atoms with Crippen molar-refractivity contribution < 1.29 is 17.9 Å². The zero-order valence-electron chi connectivity index (χ0n) is 14.8. The first-order valence-electron chi connectivity index (χ1n) is 8.44. The molecule has 0 radical (unpaired) electrons. The van der Waals surface area contributed by atoms with Gasteiger partial charge < -0.3 is 10.1 Å². The maximum absolute atomic E-state index is 12.3. The van der Waals surface area contributed by atoms with Crippen molar-refractivity contribution in [2.24, 2.45) is 0 Å². The normalized spacial score (nSPS) is 11.3. The molecule has 2 N–H and O–H groups in total. The minimum Gasteiger partial charge on any atom is -0.385 e. The van der Waals surface area contributed by atoms with Crippen LogP contribution in [0, 0.1) is 0 Å². The zero-order chi connectivity index (χ0) is 18.8. The van der Waals surface area contributed by atoms with Gasteiger partial charge >= 0.3 is 0 Å². The zero-order valence-corrected chi connectivity index (χ0v) is 15.6. The van der Waals surface area contributed by atoms with Crippen LogP contribution in [0.3, 0.4) is 0 Å². The van der Waals surface area contributed by atoms with E-state index in [1.807, 2.05) is 30.3 Å². The molecule has 0 saturated carbocycles. The number of nitrogens with one attached hydrogen (secondary N) is 2. The van der Waals surface area contributed by atoms with Crippen molar-refractivity contribution in [2.75, 3.05) is 26.8 Å². The maximum Gasteiger partial charge on any atom is 0.251 e. The summed E-state index contributed by atoms with van der Waals surface area (Å²) >= 11 is 0. The summed E-state index contributed by atoms with van der Waals surface area (Å²) in [4.78, 5) is 12.3. The monoisotopic (exact) mass is 376 g/mol. The third kappa shape index (κ3) is 6.25. The van der Waals surface area contributed by atoms with Crippen LogP contribution in [0.15, 0.2) is 59.5 Å². The van der Waals surface area contributed by atoms with Gasteiger partial charge in [-0.05, 0) is 36.6 Å². The van der Waals surface area contributed by atoms with Gasteiger partial charge in [0.2, 0.25) is 10.0 Å². The van der Waals surface area contributed by atoms with E-state index in [1.165, 1.54) is 12.1 Å². The standard InChI is InChI=1S/C19H24N2O4S/c1-25-14-6-12-21-26(23,24)18-10-5-9-17(15-18)19(22)20-13-11-16-7-3-2-4-8-16/h2-5,7-10,15,21H,6,11-14H2,1H3,(H,20,22). The minimum atomic E-state index is -3.65. The lowest BCUT2D eigenvalue weighted by Crippen LogP contribution is -2.27. The van der Waals surface area contributed by atoms with Gasteiger partial charge in [-0.1, -0.05) is 36.4 Å². The third-order valence-electron chi connectivity index (χ3n) is 3.77. The Hall–Kier alpha value is -2.22. The molecule has 0 bridgehead atoms. The van der Waals surface area contributed by atoms with Crippen molar-refractivity contribution in [3.63, 3.8) is 0 Å². The summed E-state index contributed by atoms with van der Waals surface area (Å²) in [5, 5.41) is 2.82. The number of rotatable bonds is 10. The Bertz CT molecular complexity index is 807. The average Bonchev–Trinajstić information content (AvgIpc) is 2.66. The highest BCUT2D eigenvalue weighted by atomic mass is 32.2. The second-order valence-corrected chi connectivity index (χ2v) is 7.53. The lowest BCUT2D eigenvalue weighted by atomic mass is 10.1. The quantitative estimate of drug-likeness (QED) is 0.621. The molecule has 1 amide bonds. The van der Waals surface area contributed by atoms with Crippen LogP contribution in [0.25, 0.3) is 0 Å². The highest BCUT2D eigenvalue weighted by Gasteiger charge is 2.15. The van der Waals surface area contributed by atoms with E-state index in [4.69, 9.17) is 4.74 Å². The van der Waals surface area contributed by atoms with Crippen LogP contribution in [0.1, 0.15) is 22.3 Å². The van der Waals surface area contributed by atoms with Crippen LogP contribution in [0.2, 0.25) is 0 Å². The molecule has 0 spiro atoms. The molecule has 0 fully saturated rings. The predicted octanol–water partition coefficient (Wildman–Crippen LogP) is 1.97. The van der Waals surface area contributed by atoms with E-state index < -0.39 is 10.0 Å². The van der Waals surface area contributed by atoms with E-state index in [0.29, 0.717) is 31.6 Å². The lowest BCUT2D eigenvalue weighted by molar-refractivity contribution is 0.0954. The van der Waals surface area contributed by atoms with Crippen molar-refractivity contribution in [3.8, 4) is 0 Å². The summed E-state index contributed by atoms with van der Waals surface area (Å²) in [6, 6.07) is 15.9. The number of carbonyl (C=O) groups excluding carboxylic acids is 1. The fourth-order valence-corrected chi connectivity index (χ4v) is 3.50. The van der Waals surface area contributed by atoms with Crippen LogP contribution in [-0.4, -0.2) is 41.1 Å². The Morgan fingerprint density at radius 3 is 2.54 bits per heavy atom. The molecule has 2 aromatic rings. The van der Waals surface area contributed by atoms with Crippen LogP contribution < -0.4 is 10.0 Å². The SMILES string of the molecule is COCCCNS(=O)(=O)c1cccc(C(=O)NCCc2ccccc2)c1. The smallest absolute Gasteiger partial charge is 0.251 e.